The van der Waals surface area contributed by atoms with Crippen molar-refractivity contribution in [2.24, 2.45) is 0 Å². The van der Waals surface area contributed by atoms with Gasteiger partial charge in [-0.3, -0.25) is 0 Å². The molecule has 0 spiro atoms. The van der Waals surface area contributed by atoms with Crippen molar-refractivity contribution >= 4 is 0 Å². The molecule has 10 atom stereocenters. The van der Waals surface area contributed by atoms with E-state index in [9.17, 15) is 30.6 Å². The van der Waals surface area contributed by atoms with Crippen molar-refractivity contribution in [2.75, 3.05) is 47.5 Å². The molecule has 2 heterocycles. The minimum absolute atomic E-state index is 0. The zero-order chi connectivity index (χ0) is 23.2. The third kappa shape index (κ3) is 8.57. The molecular weight excluding hydrogens is 446 g/mol. The molecular formula is C17H36ClNO12. The van der Waals surface area contributed by atoms with Crippen LogP contribution < -0.4 is 12.4 Å². The molecule has 31 heavy (non-hydrogen) atoms. The summed E-state index contributed by atoms with van der Waals surface area (Å²) in [4.78, 5) is 0. The summed E-state index contributed by atoms with van der Waals surface area (Å²) in [5.41, 5.74) is 0. The van der Waals surface area contributed by atoms with Crippen LogP contribution in [0.5, 0.6) is 0 Å². The van der Waals surface area contributed by atoms with Gasteiger partial charge in [-0.1, -0.05) is 0 Å². The molecule has 0 unspecified atom stereocenters. The van der Waals surface area contributed by atoms with Gasteiger partial charge in [0, 0.05) is 0 Å². The van der Waals surface area contributed by atoms with Crippen LogP contribution in [0.1, 0.15) is 0 Å². The Kier molecular flexibility index (Phi) is 13.4. The average Bonchev–Trinajstić information content (AvgIpc) is 2.68. The molecule has 0 amide bonds. The summed E-state index contributed by atoms with van der Waals surface area (Å²) in [6.07, 6.45) is -15.6. The van der Waals surface area contributed by atoms with Crippen LogP contribution in [-0.4, -0.2) is 159 Å². The first-order valence-electron chi connectivity index (χ1n) is 9.55. The van der Waals surface area contributed by atoms with Crippen molar-refractivity contribution in [3.05, 3.63) is 0 Å². The number of quaternary nitrogens is 1. The monoisotopic (exact) mass is 481 g/mol. The van der Waals surface area contributed by atoms with Crippen LogP contribution in [-0.2, 0) is 14.2 Å². The van der Waals surface area contributed by atoms with E-state index in [4.69, 9.17) is 29.5 Å². The quantitative estimate of drug-likeness (QED) is 0.162. The summed E-state index contributed by atoms with van der Waals surface area (Å²) in [7, 11) is 6.16. The molecule has 0 radical (unpaired) electrons. The third-order valence-electron chi connectivity index (χ3n) is 4.74. The molecule has 0 saturated carbocycles. The van der Waals surface area contributed by atoms with Crippen LogP contribution in [0.15, 0.2) is 0 Å². The lowest BCUT2D eigenvalue weighted by molar-refractivity contribution is -0.870. The summed E-state index contributed by atoms with van der Waals surface area (Å²) < 4.78 is 16.2. The fourth-order valence-corrected chi connectivity index (χ4v) is 2.79. The summed E-state index contributed by atoms with van der Waals surface area (Å²) in [6, 6.07) is 0. The largest absolute Gasteiger partial charge is 1.00 e. The Bertz CT molecular complexity index is 460. The molecule has 0 aromatic rings. The maximum atomic E-state index is 9.84. The maximum absolute atomic E-state index is 9.84. The Morgan fingerprint density at radius 1 is 0.645 bits per heavy atom. The SMILES string of the molecule is C[N+](C)(C)CCO.OC[C@H]1O[C@H](O[C@H]2O[C@H](CO)[C@@H](O)[C@H](O)[C@H]2O)[C@H](O)[C@@H](O)[C@@H]1O.[Cl-]. The van der Waals surface area contributed by atoms with Gasteiger partial charge in [-0.05, 0) is 0 Å². The van der Waals surface area contributed by atoms with Crippen molar-refractivity contribution in [3.8, 4) is 0 Å². The number of aliphatic hydroxyl groups is 9. The first kappa shape index (κ1) is 30.8. The number of hydrogen-bond acceptors (Lipinski definition) is 12. The van der Waals surface area contributed by atoms with E-state index in [1.165, 1.54) is 0 Å². The van der Waals surface area contributed by atoms with E-state index >= 15 is 0 Å². The molecule has 2 aliphatic rings. The molecule has 2 fully saturated rings. The van der Waals surface area contributed by atoms with E-state index in [1.807, 2.05) is 0 Å². The van der Waals surface area contributed by atoms with Gasteiger partial charge in [-0.25, -0.2) is 0 Å². The number of likely N-dealkylation sites (N-methyl/N-ethyl adjacent to an activating group) is 1. The highest BCUT2D eigenvalue weighted by atomic mass is 35.5. The van der Waals surface area contributed by atoms with E-state index in [1.54, 1.807) is 0 Å². The van der Waals surface area contributed by atoms with E-state index < -0.39 is 74.6 Å². The smallest absolute Gasteiger partial charge is 0.189 e. The number of rotatable bonds is 6. The van der Waals surface area contributed by atoms with E-state index in [0.717, 1.165) is 11.0 Å². The van der Waals surface area contributed by atoms with Gasteiger partial charge < -0.3 is 77.1 Å². The molecule has 14 heteroatoms. The Hall–Kier alpha value is -0.230. The molecule has 2 saturated heterocycles. The maximum Gasteiger partial charge on any atom is 0.189 e. The van der Waals surface area contributed by atoms with Crippen LogP contribution in [0, 0.1) is 0 Å². The van der Waals surface area contributed by atoms with Crippen LogP contribution in [0.3, 0.4) is 0 Å². The number of hydrogen-bond donors (Lipinski definition) is 9. The van der Waals surface area contributed by atoms with Crippen LogP contribution in [0.4, 0.5) is 0 Å². The predicted octanol–water partition coefficient (Wildman–Crippen LogP) is -8.71. The Morgan fingerprint density at radius 2 is 1.00 bits per heavy atom. The van der Waals surface area contributed by atoms with E-state index in [2.05, 4.69) is 21.1 Å². The van der Waals surface area contributed by atoms with Gasteiger partial charge in [-0.15, -0.1) is 0 Å². The van der Waals surface area contributed by atoms with Crippen molar-refractivity contribution in [3.63, 3.8) is 0 Å². The van der Waals surface area contributed by atoms with Crippen molar-refractivity contribution in [1.82, 2.24) is 0 Å². The number of aliphatic hydroxyl groups excluding tert-OH is 9. The number of nitrogens with zero attached hydrogens (tertiary/aromatic N) is 1. The van der Waals surface area contributed by atoms with Gasteiger partial charge in [0.25, 0.3) is 0 Å². The van der Waals surface area contributed by atoms with Crippen LogP contribution >= 0.6 is 0 Å². The summed E-state index contributed by atoms with van der Waals surface area (Å²) >= 11 is 0. The lowest BCUT2D eigenvalue weighted by Gasteiger charge is -2.44. The van der Waals surface area contributed by atoms with Gasteiger partial charge >= 0.3 is 0 Å². The van der Waals surface area contributed by atoms with Crippen LogP contribution in [0.2, 0.25) is 0 Å². The van der Waals surface area contributed by atoms with E-state index in [-0.39, 0.29) is 19.0 Å². The predicted molar refractivity (Wildman–Crippen MR) is 98.6 cm³/mol. The summed E-state index contributed by atoms with van der Waals surface area (Å²) in [5, 5.41) is 84.8. The minimum atomic E-state index is -1.72. The fraction of sp³-hybridized carbons (Fsp3) is 1.00. The third-order valence-corrected chi connectivity index (χ3v) is 4.74. The fourth-order valence-electron chi connectivity index (χ4n) is 2.79. The van der Waals surface area contributed by atoms with Gasteiger partial charge in [-0.2, -0.15) is 0 Å². The standard InChI is InChI=1S/C12H22O11.C5H14NO.ClH/c13-1-3-5(15)7(17)9(19)11(21-3)23-12-10(20)8(18)6(16)4(2-14)22-12;1-6(2,3)4-5-7;/h3-20H,1-2H2;7H,4-5H2,1-3H3;1H/q;+1;/p-1/t3-,4-,5-,6-,7+,8+,9-,10-,11-,12-;;/m1../s1. The summed E-state index contributed by atoms with van der Waals surface area (Å²) in [6.45, 7) is -0.220. The molecule has 2 aliphatic heterocycles. The second-order valence-electron chi connectivity index (χ2n) is 8.27. The van der Waals surface area contributed by atoms with Gasteiger partial charge in [0.1, 0.15) is 55.4 Å². The molecule has 0 aliphatic carbocycles. The van der Waals surface area contributed by atoms with Crippen LogP contribution in [0.25, 0.3) is 0 Å². The second-order valence-corrected chi connectivity index (χ2v) is 8.27. The van der Waals surface area contributed by atoms with Gasteiger partial charge in [0.15, 0.2) is 12.6 Å². The van der Waals surface area contributed by atoms with E-state index in [0.29, 0.717) is 0 Å². The average molecular weight is 482 g/mol. The van der Waals surface area contributed by atoms with Crippen molar-refractivity contribution in [1.29, 1.82) is 0 Å². The Morgan fingerprint density at radius 3 is 1.23 bits per heavy atom. The molecule has 0 aromatic carbocycles. The highest BCUT2D eigenvalue weighted by Crippen LogP contribution is 2.27. The molecule has 2 rings (SSSR count). The number of ether oxygens (including phenoxy) is 3. The molecule has 188 valence electrons. The normalized spacial score (nSPS) is 41.0. The first-order chi connectivity index (χ1) is 13.9. The Balaban J connectivity index is 0.000000975. The second kappa shape index (κ2) is 13.5. The van der Waals surface area contributed by atoms with Crippen molar-refractivity contribution < 1.29 is 77.1 Å². The zero-order valence-corrected chi connectivity index (χ0v) is 18.4. The minimum Gasteiger partial charge on any atom is -1.00 e. The summed E-state index contributed by atoms with van der Waals surface area (Å²) in [5.74, 6) is 0. The highest BCUT2D eigenvalue weighted by Gasteiger charge is 2.49. The zero-order valence-electron chi connectivity index (χ0n) is 17.7. The molecule has 0 aromatic heterocycles. The Labute approximate surface area is 186 Å². The first-order valence-corrected chi connectivity index (χ1v) is 9.55. The lowest BCUT2D eigenvalue weighted by atomic mass is 9.98. The molecule has 13 nitrogen and oxygen atoms in total. The molecule has 0 bridgehead atoms. The highest BCUT2D eigenvalue weighted by molar-refractivity contribution is 4.92. The molecule has 9 N–H and O–H groups in total. The lowest BCUT2D eigenvalue weighted by Crippen LogP contribution is -3.00. The van der Waals surface area contributed by atoms with Gasteiger partial charge in [0.05, 0.1) is 41.0 Å². The topological polar surface area (TPSA) is 210 Å². The van der Waals surface area contributed by atoms with Gasteiger partial charge in [0.2, 0.25) is 0 Å². The van der Waals surface area contributed by atoms with Crippen molar-refractivity contribution in [2.45, 2.75) is 61.4 Å². The number of halogens is 1.